The fourth-order valence-electron chi connectivity index (χ4n) is 4.28. The highest BCUT2D eigenvalue weighted by atomic mass is 16.6. The van der Waals surface area contributed by atoms with Gasteiger partial charge in [0.05, 0.1) is 4.92 Å². The summed E-state index contributed by atoms with van der Waals surface area (Å²) >= 11 is 0. The first-order valence-corrected chi connectivity index (χ1v) is 13.1. The molecule has 0 aliphatic rings. The molecule has 0 spiro atoms. The minimum absolute atomic E-state index is 0.185. The molecule has 0 amide bonds. The highest BCUT2D eigenvalue weighted by Crippen LogP contribution is 2.27. The minimum atomic E-state index is -0.519. The van der Waals surface area contributed by atoms with E-state index < -0.39 is 4.92 Å². The molecular formula is C27H47NO3. The molecule has 1 aromatic carbocycles. The molecule has 0 heterocycles. The molecule has 0 atom stereocenters. The number of phenolic OH excluding ortho intramolecular Hbond substituents is 1. The number of nitrogens with zero attached hydrogens (tertiary/aromatic N) is 1. The number of phenols is 1. The molecule has 1 rings (SSSR count). The lowest BCUT2D eigenvalue weighted by Gasteiger charge is -2.05. The van der Waals surface area contributed by atoms with Gasteiger partial charge in [0.25, 0.3) is 0 Å². The molecule has 0 radical (unpaired) electrons. The Morgan fingerprint density at radius 3 is 1.45 bits per heavy atom. The maximum absolute atomic E-state index is 10.9. The van der Waals surface area contributed by atoms with Gasteiger partial charge >= 0.3 is 5.69 Å². The highest BCUT2D eigenvalue weighted by Gasteiger charge is 2.13. The minimum Gasteiger partial charge on any atom is -0.502 e. The van der Waals surface area contributed by atoms with E-state index in [4.69, 9.17) is 0 Å². The molecule has 0 saturated carbocycles. The lowest BCUT2D eigenvalue weighted by molar-refractivity contribution is -0.385. The summed E-state index contributed by atoms with van der Waals surface area (Å²) in [6, 6.07) is 4.73. The van der Waals surface area contributed by atoms with Gasteiger partial charge in [-0.1, -0.05) is 129 Å². The molecule has 0 saturated heterocycles. The van der Waals surface area contributed by atoms with E-state index >= 15 is 0 Å². The second kappa shape index (κ2) is 19.1. The fourth-order valence-corrected chi connectivity index (χ4v) is 4.28. The summed E-state index contributed by atoms with van der Waals surface area (Å²) in [6.45, 7) is 2.28. The Kier molecular flexibility index (Phi) is 16.9. The van der Waals surface area contributed by atoms with Crippen molar-refractivity contribution in [3.63, 3.8) is 0 Å². The third-order valence-corrected chi connectivity index (χ3v) is 6.31. The maximum Gasteiger partial charge on any atom is 0.310 e. The van der Waals surface area contributed by atoms with Crippen molar-refractivity contribution < 1.29 is 10.0 Å². The van der Waals surface area contributed by atoms with E-state index in [-0.39, 0.29) is 11.4 Å². The zero-order valence-corrected chi connectivity index (χ0v) is 20.1. The van der Waals surface area contributed by atoms with Gasteiger partial charge in [0, 0.05) is 6.07 Å². The molecule has 0 unspecified atom stereocenters. The van der Waals surface area contributed by atoms with Crippen LogP contribution in [0.2, 0.25) is 0 Å². The van der Waals surface area contributed by atoms with Crippen LogP contribution in [0.15, 0.2) is 18.2 Å². The molecule has 0 aromatic heterocycles. The number of rotatable bonds is 21. The molecule has 1 N–H and O–H groups in total. The van der Waals surface area contributed by atoms with Crippen molar-refractivity contribution in [2.24, 2.45) is 0 Å². The quantitative estimate of drug-likeness (QED) is 0.119. The average molecular weight is 434 g/mol. The zero-order chi connectivity index (χ0) is 22.6. The van der Waals surface area contributed by atoms with Crippen LogP contribution in [0, 0.1) is 10.1 Å². The lowest BCUT2D eigenvalue weighted by atomic mass is 10.0. The number of benzene rings is 1. The number of hydrogen-bond donors (Lipinski definition) is 1. The smallest absolute Gasteiger partial charge is 0.310 e. The molecule has 31 heavy (non-hydrogen) atoms. The molecule has 0 aliphatic heterocycles. The van der Waals surface area contributed by atoms with E-state index in [2.05, 4.69) is 6.92 Å². The van der Waals surface area contributed by atoms with Gasteiger partial charge in [-0.25, -0.2) is 0 Å². The van der Waals surface area contributed by atoms with Crippen LogP contribution in [-0.4, -0.2) is 10.0 Å². The van der Waals surface area contributed by atoms with E-state index in [1.807, 2.05) is 0 Å². The first-order chi connectivity index (χ1) is 15.1. The Hall–Kier alpha value is -1.58. The Morgan fingerprint density at radius 1 is 0.677 bits per heavy atom. The molecular weight excluding hydrogens is 386 g/mol. The van der Waals surface area contributed by atoms with Gasteiger partial charge in [0.2, 0.25) is 0 Å². The normalized spacial score (nSPS) is 11.1. The van der Waals surface area contributed by atoms with Gasteiger partial charge in [0.1, 0.15) is 0 Å². The van der Waals surface area contributed by atoms with Crippen LogP contribution >= 0.6 is 0 Å². The van der Waals surface area contributed by atoms with E-state index in [9.17, 15) is 15.2 Å². The lowest BCUT2D eigenvalue weighted by Crippen LogP contribution is -1.92. The van der Waals surface area contributed by atoms with Crippen molar-refractivity contribution >= 4 is 5.69 Å². The van der Waals surface area contributed by atoms with E-state index in [0.717, 1.165) is 18.4 Å². The summed E-state index contributed by atoms with van der Waals surface area (Å²) in [6.07, 6.45) is 26.8. The van der Waals surface area contributed by atoms with Gasteiger partial charge in [-0.2, -0.15) is 0 Å². The van der Waals surface area contributed by atoms with Crippen LogP contribution < -0.4 is 0 Å². The summed E-state index contributed by atoms with van der Waals surface area (Å²) in [5.41, 5.74) is 0.756. The average Bonchev–Trinajstić information content (AvgIpc) is 2.76. The Morgan fingerprint density at radius 2 is 1.06 bits per heavy atom. The van der Waals surface area contributed by atoms with Crippen LogP contribution in [0.25, 0.3) is 0 Å². The number of aromatic hydroxyl groups is 1. The van der Waals surface area contributed by atoms with Crippen LogP contribution in [0.5, 0.6) is 5.75 Å². The zero-order valence-electron chi connectivity index (χ0n) is 20.1. The van der Waals surface area contributed by atoms with Crippen LogP contribution in [0.1, 0.15) is 134 Å². The second-order valence-electron chi connectivity index (χ2n) is 9.19. The van der Waals surface area contributed by atoms with Gasteiger partial charge in [-0.05, 0) is 24.5 Å². The van der Waals surface area contributed by atoms with Crippen molar-refractivity contribution in [3.05, 3.63) is 33.9 Å². The maximum atomic E-state index is 10.9. The molecule has 0 fully saturated rings. The number of aryl methyl sites for hydroxylation is 1. The first kappa shape index (κ1) is 27.5. The van der Waals surface area contributed by atoms with Crippen molar-refractivity contribution in [3.8, 4) is 5.75 Å². The summed E-state index contributed by atoms with van der Waals surface area (Å²) in [7, 11) is 0. The van der Waals surface area contributed by atoms with Crippen molar-refractivity contribution in [2.75, 3.05) is 0 Å². The summed E-state index contributed by atoms with van der Waals surface area (Å²) in [4.78, 5) is 10.4. The standard InChI is InChI=1S/C27H47NO3/c1-2-3-4-5-6-7-8-9-10-11-12-13-14-15-16-17-18-19-20-21-25-22-23-27(29)26(24-25)28(30)31/h22-24,29H,2-21H2,1H3. The summed E-state index contributed by atoms with van der Waals surface area (Å²) in [5, 5.41) is 20.4. The van der Waals surface area contributed by atoms with E-state index in [0.29, 0.717) is 0 Å². The topological polar surface area (TPSA) is 63.4 Å². The number of unbranched alkanes of at least 4 members (excludes halogenated alkanes) is 18. The highest BCUT2D eigenvalue weighted by molar-refractivity contribution is 5.47. The Labute approximate surface area is 191 Å². The predicted molar refractivity (Wildman–Crippen MR) is 132 cm³/mol. The van der Waals surface area contributed by atoms with Crippen molar-refractivity contribution in [1.29, 1.82) is 0 Å². The number of hydrogen-bond acceptors (Lipinski definition) is 3. The van der Waals surface area contributed by atoms with Gasteiger partial charge in [-0.3, -0.25) is 10.1 Å². The van der Waals surface area contributed by atoms with E-state index in [1.165, 1.54) is 128 Å². The third kappa shape index (κ3) is 15.0. The monoisotopic (exact) mass is 433 g/mol. The van der Waals surface area contributed by atoms with Gasteiger partial charge in [0.15, 0.2) is 5.75 Å². The largest absolute Gasteiger partial charge is 0.502 e. The van der Waals surface area contributed by atoms with Gasteiger partial charge < -0.3 is 5.11 Å². The van der Waals surface area contributed by atoms with E-state index in [1.54, 1.807) is 6.07 Å². The Bertz CT molecular complexity index is 574. The molecule has 4 nitrogen and oxygen atoms in total. The third-order valence-electron chi connectivity index (χ3n) is 6.31. The van der Waals surface area contributed by atoms with Crippen LogP contribution in [0.3, 0.4) is 0 Å². The van der Waals surface area contributed by atoms with Crippen molar-refractivity contribution in [1.82, 2.24) is 0 Å². The molecule has 1 aromatic rings. The van der Waals surface area contributed by atoms with Crippen LogP contribution in [-0.2, 0) is 6.42 Å². The summed E-state index contributed by atoms with van der Waals surface area (Å²) < 4.78 is 0. The molecule has 0 bridgehead atoms. The van der Waals surface area contributed by atoms with Gasteiger partial charge in [-0.15, -0.1) is 0 Å². The fraction of sp³-hybridized carbons (Fsp3) is 0.778. The summed E-state index contributed by atoms with van der Waals surface area (Å²) in [5.74, 6) is -0.248. The predicted octanol–water partition coefficient (Wildman–Crippen LogP) is 9.27. The SMILES string of the molecule is CCCCCCCCCCCCCCCCCCCCCc1ccc(O)c([N+](=O)[O-])c1. The molecule has 0 aliphatic carbocycles. The first-order valence-electron chi connectivity index (χ1n) is 13.1. The Balaban J connectivity index is 1.82. The molecule has 178 valence electrons. The number of nitro benzene ring substituents is 1. The van der Waals surface area contributed by atoms with Crippen LogP contribution in [0.4, 0.5) is 5.69 Å². The second-order valence-corrected chi connectivity index (χ2v) is 9.19. The molecule has 4 heteroatoms. The number of nitro groups is 1. The van der Waals surface area contributed by atoms with Crippen molar-refractivity contribution in [2.45, 2.75) is 135 Å².